The molecule has 0 aliphatic rings. The predicted molar refractivity (Wildman–Crippen MR) is 75.7 cm³/mol. The van der Waals surface area contributed by atoms with Crippen molar-refractivity contribution in [3.05, 3.63) is 11.7 Å². The fourth-order valence-electron chi connectivity index (χ4n) is 1.49. The summed E-state index contributed by atoms with van der Waals surface area (Å²) in [7, 11) is 1.83. The lowest BCUT2D eigenvalue weighted by Crippen LogP contribution is -2.36. The fraction of sp³-hybridized carbons (Fsp3) is 0.769. The van der Waals surface area contributed by atoms with Crippen LogP contribution in [0.25, 0.3) is 0 Å². The first-order valence-electron chi connectivity index (χ1n) is 6.75. The lowest BCUT2D eigenvalue weighted by Gasteiger charge is -2.15. The van der Waals surface area contributed by atoms with E-state index in [-0.39, 0.29) is 12.5 Å². The number of amides is 1. The lowest BCUT2D eigenvalue weighted by atomic mass is 10.1. The molecule has 3 N–H and O–H groups in total. The molecule has 1 rings (SSSR count). The molecule has 20 heavy (non-hydrogen) atoms. The van der Waals surface area contributed by atoms with Gasteiger partial charge in [0.2, 0.25) is 11.8 Å². The van der Waals surface area contributed by atoms with E-state index in [9.17, 15) is 4.79 Å². The van der Waals surface area contributed by atoms with Crippen molar-refractivity contribution in [1.82, 2.24) is 20.4 Å². The Morgan fingerprint density at radius 1 is 1.50 bits per heavy atom. The Bertz CT molecular complexity index is 436. The average molecular weight is 283 g/mol. The van der Waals surface area contributed by atoms with Gasteiger partial charge in [0.05, 0.1) is 18.6 Å². The van der Waals surface area contributed by atoms with Gasteiger partial charge in [-0.15, -0.1) is 0 Å². The maximum Gasteiger partial charge on any atom is 0.240 e. The van der Waals surface area contributed by atoms with Gasteiger partial charge in [0.15, 0.2) is 5.82 Å². The summed E-state index contributed by atoms with van der Waals surface area (Å²) in [5, 5.41) is 6.70. The molecule has 0 spiro atoms. The Morgan fingerprint density at radius 2 is 2.15 bits per heavy atom. The number of aromatic nitrogens is 2. The first-order valence-corrected chi connectivity index (χ1v) is 6.75. The molecule has 7 nitrogen and oxygen atoms in total. The van der Waals surface area contributed by atoms with E-state index in [1.165, 1.54) is 0 Å². The summed E-state index contributed by atoms with van der Waals surface area (Å²) in [6, 6.07) is 0. The highest BCUT2D eigenvalue weighted by Gasteiger charge is 2.22. The van der Waals surface area contributed by atoms with Crippen molar-refractivity contribution in [1.29, 1.82) is 0 Å². The van der Waals surface area contributed by atoms with Gasteiger partial charge in [-0.1, -0.05) is 19.0 Å². The van der Waals surface area contributed by atoms with E-state index in [1.807, 2.05) is 25.8 Å². The Labute approximate surface area is 119 Å². The van der Waals surface area contributed by atoms with Gasteiger partial charge in [-0.2, -0.15) is 4.98 Å². The maximum absolute atomic E-state index is 11.7. The molecule has 0 atom stereocenters. The van der Waals surface area contributed by atoms with Gasteiger partial charge >= 0.3 is 0 Å². The van der Waals surface area contributed by atoms with Gasteiger partial charge in [0.25, 0.3) is 0 Å². The number of rotatable bonds is 7. The van der Waals surface area contributed by atoms with Crippen LogP contribution >= 0.6 is 0 Å². The molecule has 0 saturated heterocycles. The molecule has 0 aromatic carbocycles. The number of hydrogen-bond donors (Lipinski definition) is 2. The topological polar surface area (TPSA) is 97.3 Å². The van der Waals surface area contributed by atoms with Crippen LogP contribution in [-0.2, 0) is 16.9 Å². The Kier molecular flexibility index (Phi) is 5.64. The summed E-state index contributed by atoms with van der Waals surface area (Å²) in [5.41, 5.74) is 5.26. The number of carbonyl (C=O) groups excluding carboxylic acids is 1. The fourth-order valence-corrected chi connectivity index (χ4v) is 1.49. The monoisotopic (exact) mass is 283 g/mol. The molecular formula is C13H25N5O2. The van der Waals surface area contributed by atoms with E-state index in [0.717, 1.165) is 0 Å². The zero-order valence-corrected chi connectivity index (χ0v) is 12.9. The van der Waals surface area contributed by atoms with Crippen LogP contribution in [0.15, 0.2) is 4.52 Å². The molecule has 1 aromatic heterocycles. The van der Waals surface area contributed by atoms with Gasteiger partial charge < -0.3 is 15.6 Å². The largest absolute Gasteiger partial charge is 0.355 e. The third kappa shape index (κ3) is 5.66. The van der Waals surface area contributed by atoms with E-state index in [2.05, 4.69) is 29.3 Å². The molecule has 1 heterocycles. The summed E-state index contributed by atoms with van der Waals surface area (Å²) < 4.78 is 5.13. The molecular weight excluding hydrogens is 258 g/mol. The molecule has 1 aromatic rings. The molecule has 1 amide bonds. The molecule has 0 aliphatic carbocycles. The summed E-state index contributed by atoms with van der Waals surface area (Å²) in [5.74, 6) is 1.34. The van der Waals surface area contributed by atoms with Crippen LogP contribution in [0.1, 0.15) is 39.4 Å². The number of nitrogens with two attached hydrogens (primary N) is 1. The molecule has 7 heteroatoms. The Balaban J connectivity index is 2.44. The van der Waals surface area contributed by atoms with Crippen molar-refractivity contribution in [2.45, 2.75) is 39.8 Å². The van der Waals surface area contributed by atoms with Crippen molar-refractivity contribution in [2.24, 2.45) is 11.7 Å². The van der Waals surface area contributed by atoms with Crippen molar-refractivity contribution in [3.63, 3.8) is 0 Å². The molecule has 0 unspecified atom stereocenters. The highest BCUT2D eigenvalue weighted by atomic mass is 16.5. The third-order valence-electron chi connectivity index (χ3n) is 2.57. The minimum Gasteiger partial charge on any atom is -0.355 e. The van der Waals surface area contributed by atoms with Crippen LogP contribution in [0.4, 0.5) is 0 Å². The Morgan fingerprint density at radius 3 is 2.65 bits per heavy atom. The SMILES string of the molecule is CC(C)CNC(=O)CN(C)Cc1nc(C(C)(C)N)no1. The predicted octanol–water partition coefficient (Wildman–Crippen LogP) is 0.467. The van der Waals surface area contributed by atoms with Gasteiger partial charge in [-0.25, -0.2) is 0 Å². The van der Waals surface area contributed by atoms with Crippen molar-refractivity contribution >= 4 is 5.91 Å². The molecule has 0 fully saturated rings. The number of hydrogen-bond acceptors (Lipinski definition) is 6. The van der Waals surface area contributed by atoms with Gasteiger partial charge in [-0.3, -0.25) is 9.69 Å². The van der Waals surface area contributed by atoms with Crippen LogP contribution in [0, 0.1) is 5.92 Å². The smallest absolute Gasteiger partial charge is 0.240 e. The summed E-state index contributed by atoms with van der Waals surface area (Å²) in [4.78, 5) is 17.7. The first kappa shape index (κ1) is 16.6. The molecule has 114 valence electrons. The second-order valence-corrected chi connectivity index (χ2v) is 6.10. The normalized spacial score (nSPS) is 12.2. The standard InChI is InChI=1S/C13H25N5O2/c1-9(2)6-15-10(19)7-18(5)8-11-16-12(17-20-11)13(3,4)14/h9H,6-8,14H2,1-5H3,(H,15,19). The number of carbonyl (C=O) groups is 1. The zero-order valence-electron chi connectivity index (χ0n) is 12.9. The number of likely N-dealkylation sites (N-methyl/N-ethyl adjacent to an activating group) is 1. The van der Waals surface area contributed by atoms with Crippen molar-refractivity contribution in [3.8, 4) is 0 Å². The van der Waals surface area contributed by atoms with Crippen LogP contribution in [0.2, 0.25) is 0 Å². The highest BCUT2D eigenvalue weighted by molar-refractivity contribution is 5.77. The Hall–Kier alpha value is -1.47. The number of nitrogens with one attached hydrogen (secondary N) is 1. The highest BCUT2D eigenvalue weighted by Crippen LogP contribution is 2.13. The van der Waals surface area contributed by atoms with E-state index in [0.29, 0.717) is 30.7 Å². The van der Waals surface area contributed by atoms with Gasteiger partial charge in [0, 0.05) is 6.54 Å². The summed E-state index contributed by atoms with van der Waals surface area (Å²) >= 11 is 0. The zero-order chi connectivity index (χ0) is 15.3. The number of nitrogens with zero attached hydrogens (tertiary/aromatic N) is 3. The van der Waals surface area contributed by atoms with Crippen LogP contribution in [0.3, 0.4) is 0 Å². The molecule has 0 radical (unpaired) electrons. The van der Waals surface area contributed by atoms with Crippen molar-refractivity contribution < 1.29 is 9.32 Å². The van der Waals surface area contributed by atoms with E-state index >= 15 is 0 Å². The average Bonchev–Trinajstić information content (AvgIpc) is 2.74. The maximum atomic E-state index is 11.7. The first-order chi connectivity index (χ1) is 9.18. The van der Waals surface area contributed by atoms with E-state index in [1.54, 1.807) is 0 Å². The second kappa shape index (κ2) is 6.81. The molecule has 0 aliphatic heterocycles. The van der Waals surface area contributed by atoms with Crippen molar-refractivity contribution in [2.75, 3.05) is 20.1 Å². The third-order valence-corrected chi connectivity index (χ3v) is 2.57. The van der Waals surface area contributed by atoms with Crippen LogP contribution < -0.4 is 11.1 Å². The lowest BCUT2D eigenvalue weighted by molar-refractivity contribution is -0.122. The minimum atomic E-state index is -0.630. The minimum absolute atomic E-state index is 0.0138. The molecule has 0 bridgehead atoms. The molecule has 0 saturated carbocycles. The van der Waals surface area contributed by atoms with E-state index in [4.69, 9.17) is 10.3 Å². The van der Waals surface area contributed by atoms with Crippen LogP contribution in [0.5, 0.6) is 0 Å². The summed E-state index contributed by atoms with van der Waals surface area (Å²) in [6.07, 6.45) is 0. The van der Waals surface area contributed by atoms with E-state index < -0.39 is 5.54 Å². The quantitative estimate of drug-likeness (QED) is 0.755. The van der Waals surface area contributed by atoms with Crippen LogP contribution in [-0.4, -0.2) is 41.1 Å². The second-order valence-electron chi connectivity index (χ2n) is 6.10. The summed E-state index contributed by atoms with van der Waals surface area (Å²) in [6.45, 7) is 9.11. The van der Waals surface area contributed by atoms with Gasteiger partial charge in [0.1, 0.15) is 0 Å². The van der Waals surface area contributed by atoms with Gasteiger partial charge in [-0.05, 0) is 26.8 Å².